The molecule has 0 radical (unpaired) electrons. The van der Waals surface area contributed by atoms with Crippen LogP contribution in [-0.4, -0.2) is 16.0 Å². The molecule has 0 saturated carbocycles. The Morgan fingerprint density at radius 2 is 2.00 bits per heavy atom. The van der Waals surface area contributed by atoms with Crippen molar-refractivity contribution in [1.29, 1.82) is 0 Å². The monoisotopic (exact) mass is 298 g/mol. The van der Waals surface area contributed by atoms with E-state index >= 15 is 0 Å². The van der Waals surface area contributed by atoms with Crippen LogP contribution in [-0.2, 0) is 0 Å². The first-order valence-electron chi connectivity index (χ1n) is 5.15. The number of rotatable bonds is 2. The Bertz CT molecular complexity index is 698. The van der Waals surface area contributed by atoms with Crippen LogP contribution in [0.3, 0.4) is 0 Å². The number of pyridine rings is 1. The van der Waals surface area contributed by atoms with Crippen molar-refractivity contribution in [3.05, 3.63) is 56.4 Å². The van der Waals surface area contributed by atoms with E-state index in [9.17, 15) is 14.7 Å². The van der Waals surface area contributed by atoms with Crippen molar-refractivity contribution in [2.75, 3.05) is 5.32 Å². The maximum Gasteiger partial charge on any atom is 0.256 e. The maximum atomic E-state index is 11.9. The molecule has 7 heteroatoms. The quantitative estimate of drug-likeness (QED) is 0.745. The minimum Gasteiger partial charge on any atom is -0.504 e. The van der Waals surface area contributed by atoms with Crippen LogP contribution in [0.4, 0.5) is 5.69 Å². The number of aromatic hydroxyl groups is 1. The number of halogens is 2. The molecule has 1 amide bonds. The summed E-state index contributed by atoms with van der Waals surface area (Å²) in [6.45, 7) is 0. The van der Waals surface area contributed by atoms with Crippen molar-refractivity contribution in [2.45, 2.75) is 0 Å². The van der Waals surface area contributed by atoms with E-state index in [0.29, 0.717) is 0 Å². The number of aromatic amines is 1. The fourth-order valence-corrected chi connectivity index (χ4v) is 1.93. The van der Waals surface area contributed by atoms with Crippen LogP contribution in [0, 0.1) is 0 Å². The first-order chi connectivity index (χ1) is 8.97. The fourth-order valence-electron chi connectivity index (χ4n) is 1.44. The minimum absolute atomic E-state index is 0.0220. The number of carbonyl (C=O) groups is 1. The number of benzene rings is 1. The van der Waals surface area contributed by atoms with Gasteiger partial charge in [0.1, 0.15) is 0 Å². The number of hydrogen-bond donors (Lipinski definition) is 3. The van der Waals surface area contributed by atoms with Gasteiger partial charge in [0.15, 0.2) is 5.75 Å². The second-order valence-corrected chi connectivity index (χ2v) is 4.52. The largest absolute Gasteiger partial charge is 0.504 e. The molecule has 2 aromatic rings. The van der Waals surface area contributed by atoms with Gasteiger partial charge in [-0.2, -0.15) is 0 Å². The molecule has 1 aromatic carbocycles. The number of carbonyl (C=O) groups excluding carboxylic acids is 1. The molecular weight excluding hydrogens is 291 g/mol. The average molecular weight is 299 g/mol. The molecule has 0 saturated heterocycles. The zero-order chi connectivity index (χ0) is 14.0. The predicted molar refractivity (Wildman–Crippen MR) is 73.1 cm³/mol. The normalized spacial score (nSPS) is 10.2. The highest BCUT2D eigenvalue weighted by atomic mass is 35.5. The number of aromatic nitrogens is 1. The highest BCUT2D eigenvalue weighted by Crippen LogP contribution is 2.35. The third kappa shape index (κ3) is 3.07. The number of anilines is 1. The average Bonchev–Trinajstić information content (AvgIpc) is 2.35. The molecule has 0 unspecified atom stereocenters. The Morgan fingerprint density at radius 1 is 1.26 bits per heavy atom. The molecule has 0 atom stereocenters. The van der Waals surface area contributed by atoms with Gasteiger partial charge >= 0.3 is 0 Å². The topological polar surface area (TPSA) is 82.2 Å². The standard InChI is InChI=1S/C12H8Cl2N2O3/c13-7-4-8(14)11(18)9(5-7)16-12(19)6-1-2-15-10(17)3-6/h1-5,18H,(H,15,17)(H,16,19). The molecule has 3 N–H and O–H groups in total. The van der Waals surface area contributed by atoms with Gasteiger partial charge in [0.05, 0.1) is 10.7 Å². The van der Waals surface area contributed by atoms with Gasteiger partial charge in [-0.25, -0.2) is 0 Å². The third-order valence-corrected chi connectivity index (χ3v) is 2.82. The number of phenolic OH excluding ortho intramolecular Hbond substituents is 1. The zero-order valence-electron chi connectivity index (χ0n) is 9.41. The van der Waals surface area contributed by atoms with Crippen LogP contribution >= 0.6 is 23.2 Å². The number of H-pyrrole nitrogens is 1. The molecule has 0 fully saturated rings. The van der Waals surface area contributed by atoms with E-state index in [-0.39, 0.29) is 27.0 Å². The summed E-state index contributed by atoms with van der Waals surface area (Å²) in [6, 6.07) is 5.27. The highest BCUT2D eigenvalue weighted by Gasteiger charge is 2.12. The van der Waals surface area contributed by atoms with Gasteiger partial charge in [-0.3, -0.25) is 9.59 Å². The second kappa shape index (κ2) is 5.34. The predicted octanol–water partition coefficient (Wildman–Crippen LogP) is 2.64. The molecule has 1 aromatic heterocycles. The van der Waals surface area contributed by atoms with Crippen LogP contribution in [0.15, 0.2) is 35.3 Å². The Hall–Kier alpha value is -1.98. The summed E-state index contributed by atoms with van der Waals surface area (Å²) in [6.07, 6.45) is 1.35. The van der Waals surface area contributed by atoms with Gasteiger partial charge in [-0.1, -0.05) is 23.2 Å². The van der Waals surface area contributed by atoms with Crippen LogP contribution < -0.4 is 10.9 Å². The number of nitrogens with one attached hydrogen (secondary N) is 2. The van der Waals surface area contributed by atoms with E-state index in [1.165, 1.54) is 24.4 Å². The number of amides is 1. The fraction of sp³-hybridized carbons (Fsp3) is 0. The van der Waals surface area contributed by atoms with Crippen molar-refractivity contribution >= 4 is 34.8 Å². The molecule has 0 aliphatic rings. The summed E-state index contributed by atoms with van der Waals surface area (Å²) < 4.78 is 0. The Labute approximate surface area is 117 Å². The Kier molecular flexibility index (Phi) is 3.78. The molecule has 0 spiro atoms. The zero-order valence-corrected chi connectivity index (χ0v) is 10.9. The summed E-state index contributed by atoms with van der Waals surface area (Å²) in [5.41, 5.74) is -0.178. The minimum atomic E-state index is -0.556. The molecule has 98 valence electrons. The van der Waals surface area contributed by atoms with E-state index in [1.807, 2.05) is 0 Å². The van der Waals surface area contributed by atoms with Gasteiger partial charge in [-0.15, -0.1) is 0 Å². The lowest BCUT2D eigenvalue weighted by Crippen LogP contribution is -2.15. The van der Waals surface area contributed by atoms with Crippen molar-refractivity contribution < 1.29 is 9.90 Å². The van der Waals surface area contributed by atoms with Crippen LogP contribution in [0.1, 0.15) is 10.4 Å². The summed E-state index contributed by atoms with van der Waals surface area (Å²) in [5, 5.41) is 12.4. The third-order valence-electron chi connectivity index (χ3n) is 2.31. The van der Waals surface area contributed by atoms with Crippen LogP contribution in [0.5, 0.6) is 5.75 Å². The summed E-state index contributed by atoms with van der Waals surface area (Å²) in [7, 11) is 0. The van der Waals surface area contributed by atoms with Gasteiger partial charge in [-0.05, 0) is 18.2 Å². The molecule has 0 aliphatic carbocycles. The molecule has 19 heavy (non-hydrogen) atoms. The van der Waals surface area contributed by atoms with Crippen molar-refractivity contribution in [1.82, 2.24) is 4.98 Å². The Morgan fingerprint density at radius 3 is 2.68 bits per heavy atom. The first kappa shape index (κ1) is 13.5. The van der Waals surface area contributed by atoms with Crippen molar-refractivity contribution in [3.63, 3.8) is 0 Å². The maximum absolute atomic E-state index is 11.9. The summed E-state index contributed by atoms with van der Waals surface area (Å²) >= 11 is 11.5. The number of phenols is 1. The van der Waals surface area contributed by atoms with Crippen LogP contribution in [0.25, 0.3) is 0 Å². The lowest BCUT2D eigenvalue weighted by molar-refractivity contribution is 0.102. The van der Waals surface area contributed by atoms with Crippen molar-refractivity contribution in [3.8, 4) is 5.75 Å². The first-order valence-corrected chi connectivity index (χ1v) is 5.91. The van der Waals surface area contributed by atoms with Gasteiger partial charge in [0, 0.05) is 22.8 Å². The van der Waals surface area contributed by atoms with Crippen LogP contribution in [0.2, 0.25) is 10.0 Å². The van der Waals surface area contributed by atoms with E-state index in [2.05, 4.69) is 10.3 Å². The lowest BCUT2D eigenvalue weighted by Gasteiger charge is -2.09. The summed E-state index contributed by atoms with van der Waals surface area (Å²) in [5.74, 6) is -0.844. The second-order valence-electron chi connectivity index (χ2n) is 3.68. The molecule has 2 rings (SSSR count). The van der Waals surface area contributed by atoms with Gasteiger partial charge in [0.25, 0.3) is 5.91 Å². The molecular formula is C12H8Cl2N2O3. The van der Waals surface area contributed by atoms with Gasteiger partial charge in [0.2, 0.25) is 5.56 Å². The Balaban J connectivity index is 2.32. The molecule has 5 nitrogen and oxygen atoms in total. The lowest BCUT2D eigenvalue weighted by atomic mass is 10.2. The van der Waals surface area contributed by atoms with E-state index < -0.39 is 11.5 Å². The highest BCUT2D eigenvalue weighted by molar-refractivity contribution is 6.36. The van der Waals surface area contributed by atoms with E-state index in [1.54, 1.807) is 0 Å². The van der Waals surface area contributed by atoms with Crippen molar-refractivity contribution in [2.24, 2.45) is 0 Å². The SMILES string of the molecule is O=C(Nc1cc(Cl)cc(Cl)c1O)c1cc[nH]c(=O)c1. The van der Waals surface area contributed by atoms with E-state index in [4.69, 9.17) is 23.2 Å². The summed E-state index contributed by atoms with van der Waals surface area (Å²) in [4.78, 5) is 25.4. The van der Waals surface area contributed by atoms with E-state index in [0.717, 1.165) is 6.07 Å². The number of hydrogen-bond acceptors (Lipinski definition) is 3. The van der Waals surface area contributed by atoms with Gasteiger partial charge < -0.3 is 15.4 Å². The molecule has 1 heterocycles. The molecule has 0 bridgehead atoms. The smallest absolute Gasteiger partial charge is 0.256 e. The molecule has 0 aliphatic heterocycles.